The van der Waals surface area contributed by atoms with Crippen LogP contribution in [0.3, 0.4) is 0 Å². The second-order valence-electron chi connectivity index (χ2n) is 8.05. The topological polar surface area (TPSA) is 89.0 Å². The van der Waals surface area contributed by atoms with E-state index in [9.17, 15) is 4.79 Å². The maximum absolute atomic E-state index is 10.4. The van der Waals surface area contributed by atoms with Gasteiger partial charge in [0, 0.05) is 0 Å². The van der Waals surface area contributed by atoms with Gasteiger partial charge in [0.25, 0.3) is 0 Å². The normalized spacial score (nSPS) is 11.4. The molecule has 0 bridgehead atoms. The van der Waals surface area contributed by atoms with Crippen molar-refractivity contribution in [3.8, 4) is 0 Å². The molecule has 0 saturated carbocycles. The summed E-state index contributed by atoms with van der Waals surface area (Å²) < 4.78 is 0. The summed E-state index contributed by atoms with van der Waals surface area (Å²) in [6.45, 7) is 2.28. The highest BCUT2D eigenvalue weighted by atomic mass is 16.4. The van der Waals surface area contributed by atoms with Crippen molar-refractivity contribution in [2.45, 2.75) is 135 Å². The average Bonchev–Trinajstić information content (AvgIpc) is 2.66. The number of aliphatic hydroxyl groups excluding tert-OH is 1. The van der Waals surface area contributed by atoms with Crippen molar-refractivity contribution in [2.24, 2.45) is 0 Å². The molecule has 0 unspecified atom stereocenters. The summed E-state index contributed by atoms with van der Waals surface area (Å²) >= 11 is 0. The Morgan fingerprint density at radius 1 is 0.571 bits per heavy atom. The smallest absolute Gasteiger partial charge is 0.370 e. The van der Waals surface area contributed by atoms with Crippen LogP contribution in [0, 0.1) is 0 Å². The van der Waals surface area contributed by atoms with Crippen molar-refractivity contribution in [3.63, 3.8) is 0 Å². The molecule has 0 radical (unpaired) electrons. The van der Waals surface area contributed by atoms with Gasteiger partial charge in [-0.2, -0.15) is 0 Å². The monoisotopic (exact) mass is 400 g/mol. The average molecular weight is 401 g/mol. The zero-order valence-corrected chi connectivity index (χ0v) is 18.5. The Bertz CT molecular complexity index is 353. The van der Waals surface area contributed by atoms with Crippen molar-refractivity contribution in [1.82, 2.24) is 0 Å². The van der Waals surface area contributed by atoms with Crippen molar-refractivity contribution >= 4 is 5.97 Å². The van der Waals surface area contributed by atoms with E-state index >= 15 is 0 Å². The largest absolute Gasteiger partial charge is 0.502 e. The fourth-order valence-electron chi connectivity index (χ4n) is 3.55. The van der Waals surface area contributed by atoms with Gasteiger partial charge in [0.2, 0.25) is 0 Å². The highest BCUT2D eigenvalue weighted by molar-refractivity contribution is 5.83. The van der Waals surface area contributed by atoms with Crippen LogP contribution in [-0.4, -0.2) is 21.7 Å². The molecule has 0 aliphatic heterocycles. The third kappa shape index (κ3) is 23.0. The molecule has 0 rings (SSSR count). The van der Waals surface area contributed by atoms with Gasteiger partial charge in [-0.1, -0.05) is 122 Å². The third-order valence-corrected chi connectivity index (χ3v) is 5.36. The SMILES string of the molecule is CCCCCCCCCCCCCCCCCCCCCC=C(O)C(=O)O.O. The molecule has 168 valence electrons. The first-order valence-electron chi connectivity index (χ1n) is 11.8. The van der Waals surface area contributed by atoms with Crippen LogP contribution in [0.1, 0.15) is 135 Å². The number of aliphatic hydroxyl groups is 1. The van der Waals surface area contributed by atoms with Crippen LogP contribution >= 0.6 is 0 Å². The minimum Gasteiger partial charge on any atom is -0.502 e. The second kappa shape index (κ2) is 24.0. The fourth-order valence-corrected chi connectivity index (χ4v) is 3.55. The van der Waals surface area contributed by atoms with Crippen LogP contribution < -0.4 is 0 Å². The first-order valence-corrected chi connectivity index (χ1v) is 11.8. The van der Waals surface area contributed by atoms with Gasteiger partial charge in [0.1, 0.15) is 0 Å². The molecule has 0 fully saturated rings. The molecule has 4 nitrogen and oxygen atoms in total. The van der Waals surface area contributed by atoms with Crippen LogP contribution in [0.25, 0.3) is 0 Å². The lowest BCUT2D eigenvalue weighted by Crippen LogP contribution is -1.98. The number of hydrogen-bond donors (Lipinski definition) is 2. The summed E-state index contributed by atoms with van der Waals surface area (Å²) in [6, 6.07) is 0. The van der Waals surface area contributed by atoms with E-state index in [0.29, 0.717) is 6.42 Å². The van der Waals surface area contributed by atoms with Crippen molar-refractivity contribution in [2.75, 3.05) is 0 Å². The van der Waals surface area contributed by atoms with Crippen LogP contribution in [0.4, 0.5) is 0 Å². The minimum atomic E-state index is -1.23. The molecule has 0 heterocycles. The molecule has 4 heteroatoms. The van der Waals surface area contributed by atoms with Gasteiger partial charge in [-0.15, -0.1) is 0 Å². The van der Waals surface area contributed by atoms with Crippen LogP contribution in [0.15, 0.2) is 11.8 Å². The molecule has 0 saturated heterocycles. The number of carboxylic acid groups (broad SMARTS) is 1. The standard InChI is InChI=1S/C24H46O3.H2O/c1-2-3-4-5-6-7-8-9-10-11-12-13-14-15-16-17-18-19-20-21-22-23(25)24(26)27;/h22,25H,2-21H2,1H3,(H,26,27);1H2. The number of aliphatic carboxylic acids is 1. The van der Waals surface area contributed by atoms with E-state index in [1.165, 1.54) is 115 Å². The predicted molar refractivity (Wildman–Crippen MR) is 120 cm³/mol. The highest BCUT2D eigenvalue weighted by Crippen LogP contribution is 2.14. The zero-order chi connectivity index (χ0) is 20.0. The molecule has 0 aromatic rings. The van der Waals surface area contributed by atoms with E-state index < -0.39 is 11.7 Å². The van der Waals surface area contributed by atoms with Gasteiger partial charge in [-0.3, -0.25) is 0 Å². The van der Waals surface area contributed by atoms with E-state index in [2.05, 4.69) is 6.92 Å². The number of carbonyl (C=O) groups is 1. The number of rotatable bonds is 21. The Balaban J connectivity index is 0. The second-order valence-corrected chi connectivity index (χ2v) is 8.05. The highest BCUT2D eigenvalue weighted by Gasteiger charge is 2.01. The lowest BCUT2D eigenvalue weighted by molar-refractivity contribution is -0.135. The Morgan fingerprint density at radius 2 is 0.857 bits per heavy atom. The summed E-state index contributed by atoms with van der Waals surface area (Å²) in [6.07, 6.45) is 27.8. The molecular formula is C24H48O4. The molecule has 0 aromatic carbocycles. The van der Waals surface area contributed by atoms with Crippen LogP contribution in [0.2, 0.25) is 0 Å². The lowest BCUT2D eigenvalue weighted by atomic mass is 10.0. The summed E-state index contributed by atoms with van der Waals surface area (Å²) in [5.74, 6) is -1.75. The van der Waals surface area contributed by atoms with Gasteiger partial charge < -0.3 is 15.7 Å². The molecule has 0 aromatic heterocycles. The molecule has 4 N–H and O–H groups in total. The quantitative estimate of drug-likeness (QED) is 0.119. The van der Waals surface area contributed by atoms with Crippen molar-refractivity contribution < 1.29 is 20.5 Å². The number of hydrogen-bond acceptors (Lipinski definition) is 2. The molecule has 0 aliphatic carbocycles. The Labute approximate surface area is 174 Å². The van der Waals surface area contributed by atoms with E-state index in [1.807, 2.05) is 0 Å². The van der Waals surface area contributed by atoms with Gasteiger partial charge in [-0.25, -0.2) is 4.79 Å². The minimum absolute atomic E-state index is 0. The maximum Gasteiger partial charge on any atom is 0.370 e. The Morgan fingerprint density at radius 3 is 1.14 bits per heavy atom. The van der Waals surface area contributed by atoms with Gasteiger partial charge in [0.15, 0.2) is 5.76 Å². The van der Waals surface area contributed by atoms with Crippen molar-refractivity contribution in [3.05, 3.63) is 11.8 Å². The van der Waals surface area contributed by atoms with E-state index in [4.69, 9.17) is 10.2 Å². The van der Waals surface area contributed by atoms with Gasteiger partial charge in [0.05, 0.1) is 0 Å². The van der Waals surface area contributed by atoms with E-state index in [0.717, 1.165) is 12.8 Å². The van der Waals surface area contributed by atoms with E-state index in [1.54, 1.807) is 0 Å². The first-order chi connectivity index (χ1) is 13.2. The number of unbranched alkanes of at least 4 members (excludes halogenated alkanes) is 19. The van der Waals surface area contributed by atoms with Crippen molar-refractivity contribution in [1.29, 1.82) is 0 Å². The maximum atomic E-state index is 10.4. The van der Waals surface area contributed by atoms with Gasteiger partial charge >= 0.3 is 5.97 Å². The van der Waals surface area contributed by atoms with Crippen LogP contribution in [0.5, 0.6) is 0 Å². The van der Waals surface area contributed by atoms with Crippen LogP contribution in [-0.2, 0) is 4.79 Å². The summed E-state index contributed by atoms with van der Waals surface area (Å²) in [5, 5.41) is 17.6. The number of carboxylic acids is 1. The zero-order valence-electron chi connectivity index (χ0n) is 18.5. The molecule has 28 heavy (non-hydrogen) atoms. The molecule has 0 aliphatic rings. The van der Waals surface area contributed by atoms with Gasteiger partial charge in [-0.05, 0) is 18.9 Å². The third-order valence-electron chi connectivity index (χ3n) is 5.36. The molecule has 0 atom stereocenters. The summed E-state index contributed by atoms with van der Waals surface area (Å²) in [5.41, 5.74) is 0. The number of allylic oxidation sites excluding steroid dienone is 1. The molecule has 0 spiro atoms. The van der Waals surface area contributed by atoms with E-state index in [-0.39, 0.29) is 5.48 Å². The molecule has 0 amide bonds. The first kappa shape index (κ1) is 29.2. The fraction of sp³-hybridized carbons (Fsp3) is 0.875. The Hall–Kier alpha value is -1.03. The molecular weight excluding hydrogens is 352 g/mol. The lowest BCUT2D eigenvalue weighted by Gasteiger charge is -2.04. The Kier molecular flexibility index (Phi) is 25.0. The predicted octanol–water partition coefficient (Wildman–Crippen LogP) is 7.51. The summed E-state index contributed by atoms with van der Waals surface area (Å²) in [7, 11) is 0. The summed E-state index contributed by atoms with van der Waals surface area (Å²) in [4.78, 5) is 10.4.